The van der Waals surface area contributed by atoms with Gasteiger partial charge in [0.2, 0.25) is 0 Å². The summed E-state index contributed by atoms with van der Waals surface area (Å²) >= 11 is 0. The quantitative estimate of drug-likeness (QED) is 0.0356. The molecule has 4 atom stereocenters. The van der Waals surface area contributed by atoms with Crippen molar-refractivity contribution in [1.29, 1.82) is 0 Å². The number of fused-ring (bicyclic) bond motifs is 2. The number of nitrogens with zero attached hydrogens (tertiary/aromatic N) is 2. The Balaban J connectivity index is 1.09. The molecule has 2 aliphatic rings. The molecule has 368 valence electrons. The van der Waals surface area contributed by atoms with Crippen LogP contribution in [0.3, 0.4) is 0 Å². The average Bonchev–Trinajstić information content (AvgIpc) is 3.36. The Morgan fingerprint density at radius 1 is 0.559 bits per heavy atom. The summed E-state index contributed by atoms with van der Waals surface area (Å²) in [7, 11) is 13.7. The lowest BCUT2D eigenvalue weighted by Gasteiger charge is -2.46. The van der Waals surface area contributed by atoms with Crippen molar-refractivity contribution in [2.45, 2.75) is 64.2 Å². The number of methoxy groups -OCH3 is 6. The molecule has 0 fully saturated rings. The number of aliphatic hydroxyl groups excluding tert-OH is 4. The Kier molecular flexibility index (Phi) is 17.4. The molecule has 4 aromatic carbocycles. The van der Waals surface area contributed by atoms with E-state index < -0.39 is 11.9 Å². The van der Waals surface area contributed by atoms with E-state index in [9.17, 15) is 30.0 Å². The van der Waals surface area contributed by atoms with Crippen molar-refractivity contribution < 1.29 is 76.9 Å². The third kappa shape index (κ3) is 10.7. The lowest BCUT2D eigenvalue weighted by atomic mass is 9.82. The highest BCUT2D eigenvalue weighted by Gasteiger charge is 2.44. The van der Waals surface area contributed by atoms with Gasteiger partial charge in [0.25, 0.3) is 0 Å². The summed E-state index contributed by atoms with van der Waals surface area (Å²) in [4.78, 5) is 25.7. The van der Waals surface area contributed by atoms with Crippen LogP contribution in [0.2, 0.25) is 0 Å². The van der Waals surface area contributed by atoms with Gasteiger partial charge in [0, 0.05) is 71.2 Å². The molecule has 68 heavy (non-hydrogen) atoms. The highest BCUT2D eigenvalue weighted by atomic mass is 16.5. The van der Waals surface area contributed by atoms with Crippen LogP contribution >= 0.6 is 0 Å². The molecule has 16 nitrogen and oxygen atoms in total. The fraction of sp³-hybridized carbons (Fsp3) is 0.462. The number of hydrogen-bond donors (Lipinski definition) is 4. The maximum absolute atomic E-state index is 12.9. The van der Waals surface area contributed by atoms with Crippen molar-refractivity contribution in [3.05, 3.63) is 116 Å². The molecule has 4 unspecified atom stereocenters. The first-order chi connectivity index (χ1) is 32.8. The third-order valence-electron chi connectivity index (χ3n) is 13.7. The minimum absolute atomic E-state index is 0.0952. The second-order valence-electron chi connectivity index (χ2n) is 17.7. The molecule has 4 aromatic rings. The van der Waals surface area contributed by atoms with Crippen LogP contribution in [0.5, 0.6) is 34.5 Å². The van der Waals surface area contributed by atoms with E-state index in [2.05, 4.69) is 14.1 Å². The van der Waals surface area contributed by atoms with Gasteiger partial charge in [-0.2, -0.15) is 0 Å². The molecule has 2 aliphatic heterocycles. The van der Waals surface area contributed by atoms with Crippen LogP contribution < -0.4 is 28.4 Å². The highest BCUT2D eigenvalue weighted by molar-refractivity contribution is 5.91. The van der Waals surface area contributed by atoms with Gasteiger partial charge >= 0.3 is 11.9 Å². The molecule has 6 rings (SSSR count). The second-order valence-corrected chi connectivity index (χ2v) is 17.7. The fourth-order valence-electron chi connectivity index (χ4n) is 10.4. The third-order valence-corrected chi connectivity index (χ3v) is 13.7. The van der Waals surface area contributed by atoms with Gasteiger partial charge in [0.05, 0.1) is 128 Å². The number of quaternary nitrogens is 2. The molecule has 0 spiro atoms. The topological polar surface area (TPSA) is 189 Å². The molecule has 0 radical (unpaired) electrons. The first-order valence-corrected chi connectivity index (χ1v) is 22.8. The number of ether oxygens (including phenoxy) is 8. The molecule has 0 bridgehead atoms. The van der Waals surface area contributed by atoms with Crippen LogP contribution in [0.15, 0.2) is 60.7 Å². The minimum atomic E-state index is -0.671. The predicted molar refractivity (Wildman–Crippen MR) is 252 cm³/mol. The van der Waals surface area contributed by atoms with Crippen molar-refractivity contribution in [2.24, 2.45) is 0 Å². The molecule has 4 N–H and O–H groups in total. The first kappa shape index (κ1) is 51.5. The molecule has 0 aromatic heterocycles. The molecule has 16 heteroatoms. The minimum Gasteiger partial charge on any atom is -0.496 e. The Hall–Kier alpha value is -5.88. The molecular formula is C52H68N2O14+2. The second kappa shape index (κ2) is 22.9. The zero-order valence-corrected chi connectivity index (χ0v) is 40.6. The van der Waals surface area contributed by atoms with Gasteiger partial charge in [0.1, 0.15) is 23.6 Å². The van der Waals surface area contributed by atoms with E-state index in [1.807, 2.05) is 48.5 Å². The summed E-state index contributed by atoms with van der Waals surface area (Å²) in [5.74, 6) is 1.96. The van der Waals surface area contributed by atoms with Crippen LogP contribution in [0.1, 0.15) is 80.6 Å². The summed E-state index contributed by atoms with van der Waals surface area (Å²) in [6, 6.07) is 15.1. The molecular weight excluding hydrogens is 877 g/mol. The number of carbonyl (C=O) groups is 2. The zero-order valence-electron chi connectivity index (χ0n) is 40.6. The van der Waals surface area contributed by atoms with Gasteiger partial charge in [-0.15, -0.1) is 0 Å². The summed E-state index contributed by atoms with van der Waals surface area (Å²) in [6.45, 7) is 1.86. The number of likely N-dealkylation sites (N-methyl/N-ethyl adjacent to an activating group) is 2. The Morgan fingerprint density at radius 3 is 1.65 bits per heavy atom. The number of aliphatic hydroxyl groups is 4. The summed E-state index contributed by atoms with van der Waals surface area (Å²) in [5.41, 5.74) is 8.23. The fourth-order valence-corrected chi connectivity index (χ4v) is 10.4. The zero-order chi connectivity index (χ0) is 49.2. The number of rotatable bonds is 22. The van der Waals surface area contributed by atoms with Crippen LogP contribution in [-0.2, 0) is 58.3 Å². The Labute approximate surface area is 398 Å². The first-order valence-electron chi connectivity index (χ1n) is 22.8. The van der Waals surface area contributed by atoms with E-state index in [0.29, 0.717) is 105 Å². The van der Waals surface area contributed by atoms with Crippen molar-refractivity contribution in [3.8, 4) is 34.5 Å². The molecule has 0 saturated heterocycles. The van der Waals surface area contributed by atoms with Crippen LogP contribution in [0.4, 0.5) is 0 Å². The van der Waals surface area contributed by atoms with E-state index in [1.54, 1.807) is 42.7 Å². The van der Waals surface area contributed by atoms with E-state index in [4.69, 9.17) is 37.9 Å². The van der Waals surface area contributed by atoms with Crippen molar-refractivity contribution >= 4 is 11.9 Å². The monoisotopic (exact) mass is 944 g/mol. The summed E-state index contributed by atoms with van der Waals surface area (Å²) in [6.07, 6.45) is 4.61. The molecule has 2 heterocycles. The van der Waals surface area contributed by atoms with E-state index in [0.717, 1.165) is 58.5 Å². The van der Waals surface area contributed by atoms with Gasteiger partial charge in [-0.1, -0.05) is 6.07 Å². The maximum atomic E-state index is 12.9. The predicted octanol–water partition coefficient (Wildman–Crippen LogP) is 5.01. The number of hydrogen-bond acceptors (Lipinski definition) is 14. The van der Waals surface area contributed by atoms with Gasteiger partial charge < -0.3 is 67.3 Å². The summed E-state index contributed by atoms with van der Waals surface area (Å²) < 4.78 is 46.3. The lowest BCUT2D eigenvalue weighted by molar-refractivity contribution is -0.935. The smallest absolute Gasteiger partial charge is 0.331 e. The largest absolute Gasteiger partial charge is 0.496 e. The molecule has 0 saturated carbocycles. The Morgan fingerprint density at radius 2 is 1.10 bits per heavy atom. The molecule has 0 aliphatic carbocycles. The number of carbonyl (C=O) groups excluding carboxylic acids is 2. The van der Waals surface area contributed by atoms with Gasteiger partial charge in [-0.25, -0.2) is 9.59 Å². The molecule has 0 amide bonds. The van der Waals surface area contributed by atoms with Gasteiger partial charge in [-0.3, -0.25) is 0 Å². The van der Waals surface area contributed by atoms with E-state index >= 15 is 0 Å². The van der Waals surface area contributed by atoms with E-state index in [-0.39, 0.29) is 51.7 Å². The van der Waals surface area contributed by atoms with Crippen molar-refractivity contribution in [2.75, 3.05) is 96.1 Å². The standard InChI is InChI=1S/C52H68N2O14/c1-53(19-15-33-26-43(62-4)44(63-5)28-40(33)49(53)36-25-39(31-57)51(65-7)45(27-36)64-6)17-9-21-67-46(59)13-14-47(60)68-22-10-18-54(2)20-16-34-23-37(29-55)41(32-58)52(66-8)48(34)50(54)35-11-12-42(61-3)38(24-35)30-56/h11-14,23-28,49-50,55-58H,9-10,15-22,29-32H2,1-8H3/q+2/b14-13-. The van der Waals surface area contributed by atoms with Crippen LogP contribution in [-0.4, -0.2) is 137 Å². The lowest BCUT2D eigenvalue weighted by Crippen LogP contribution is -2.52. The van der Waals surface area contributed by atoms with Crippen molar-refractivity contribution in [1.82, 2.24) is 0 Å². The maximum Gasteiger partial charge on any atom is 0.331 e. The van der Waals surface area contributed by atoms with Crippen molar-refractivity contribution in [3.63, 3.8) is 0 Å². The highest BCUT2D eigenvalue weighted by Crippen LogP contribution is 2.49. The summed E-state index contributed by atoms with van der Waals surface area (Å²) in [5, 5.41) is 41.1. The number of benzene rings is 4. The number of esters is 2. The van der Waals surface area contributed by atoms with Crippen LogP contribution in [0.25, 0.3) is 0 Å². The normalized spacial score (nSPS) is 19.7. The Bertz CT molecular complexity index is 2430. The van der Waals surface area contributed by atoms with Gasteiger partial charge in [0.15, 0.2) is 23.0 Å². The average molecular weight is 945 g/mol. The SMILES string of the molecule is COc1ccc(C2c3c(cc(CO)c(CO)c3OC)CC[N+]2(C)CCCOC(=O)/C=C\C(=O)OCCC[N+]2(C)CCc3cc(OC)c(OC)cc3C2c2cc(CO)c(OC)c(OC)c2)cc1CO. The van der Waals surface area contributed by atoms with Crippen LogP contribution in [0, 0.1) is 0 Å². The van der Waals surface area contributed by atoms with Gasteiger partial charge in [-0.05, 0) is 59.2 Å². The van der Waals surface area contributed by atoms with E-state index in [1.165, 1.54) is 0 Å².